The summed E-state index contributed by atoms with van der Waals surface area (Å²) in [6, 6.07) is 0.222. The third-order valence-corrected chi connectivity index (χ3v) is 2.26. The van der Waals surface area contributed by atoms with Crippen LogP contribution in [0, 0.1) is 5.82 Å². The number of phenolic OH excluding ortho intramolecular Hbond substituents is 1. The Labute approximate surface area is 113 Å². The average molecular weight is 300 g/mol. The van der Waals surface area contributed by atoms with Gasteiger partial charge in [0, 0.05) is 5.56 Å². The van der Waals surface area contributed by atoms with Gasteiger partial charge in [-0.25, -0.2) is 9.18 Å². The van der Waals surface area contributed by atoms with Crippen LogP contribution in [0.2, 0.25) is 0 Å². The summed E-state index contributed by atoms with van der Waals surface area (Å²) in [5.41, 5.74) is 4.63. The van der Waals surface area contributed by atoms with E-state index in [1.165, 1.54) is 6.92 Å². The molecular formula is C11H13ClF3NO3. The molecule has 0 spiro atoms. The summed E-state index contributed by atoms with van der Waals surface area (Å²) in [5, 5.41) is 9.35. The zero-order chi connectivity index (χ0) is 13.9. The predicted molar refractivity (Wildman–Crippen MR) is 63.8 cm³/mol. The van der Waals surface area contributed by atoms with Crippen LogP contribution >= 0.6 is 12.4 Å². The third-order valence-electron chi connectivity index (χ3n) is 2.26. The summed E-state index contributed by atoms with van der Waals surface area (Å²) >= 11 is 0. The largest absolute Gasteiger partial charge is 0.508 e. The van der Waals surface area contributed by atoms with Crippen molar-refractivity contribution >= 4 is 18.4 Å². The molecule has 4 nitrogen and oxygen atoms in total. The van der Waals surface area contributed by atoms with Crippen LogP contribution < -0.4 is 5.73 Å². The molecule has 0 amide bonds. The van der Waals surface area contributed by atoms with Crippen LogP contribution in [0.3, 0.4) is 0 Å². The van der Waals surface area contributed by atoms with Crippen molar-refractivity contribution in [1.29, 1.82) is 0 Å². The molecule has 19 heavy (non-hydrogen) atoms. The topological polar surface area (TPSA) is 72.5 Å². The number of aromatic hydroxyl groups is 1. The number of carbonyl (C=O) groups excluding carboxylic acids is 1. The Morgan fingerprint density at radius 3 is 2.63 bits per heavy atom. The quantitative estimate of drug-likeness (QED) is 0.836. The van der Waals surface area contributed by atoms with Crippen molar-refractivity contribution in [2.45, 2.75) is 18.9 Å². The average Bonchev–Trinajstić information content (AvgIpc) is 2.31. The maximum atomic E-state index is 13.6. The smallest absolute Gasteiger partial charge is 0.379 e. The van der Waals surface area contributed by atoms with Crippen molar-refractivity contribution in [2.75, 3.05) is 6.61 Å². The number of rotatable bonds is 4. The van der Waals surface area contributed by atoms with E-state index in [1.54, 1.807) is 0 Å². The van der Waals surface area contributed by atoms with Gasteiger partial charge in [-0.15, -0.1) is 12.4 Å². The lowest BCUT2D eigenvalue weighted by Crippen LogP contribution is -2.41. The van der Waals surface area contributed by atoms with Crippen LogP contribution in [0.25, 0.3) is 0 Å². The minimum Gasteiger partial charge on any atom is -0.508 e. The Balaban J connectivity index is 0.00000324. The van der Waals surface area contributed by atoms with Crippen LogP contribution in [-0.4, -0.2) is 23.6 Å². The first-order chi connectivity index (χ1) is 8.30. The van der Waals surface area contributed by atoms with Crippen molar-refractivity contribution in [3.8, 4) is 5.75 Å². The molecule has 0 unspecified atom stereocenters. The number of halogens is 4. The molecule has 1 aromatic carbocycles. The van der Waals surface area contributed by atoms with Gasteiger partial charge in [-0.2, -0.15) is 8.78 Å². The Morgan fingerprint density at radius 2 is 2.11 bits per heavy atom. The molecule has 0 bridgehead atoms. The molecule has 0 saturated heterocycles. The van der Waals surface area contributed by atoms with E-state index in [0.717, 1.165) is 12.1 Å². The Morgan fingerprint density at radius 1 is 1.53 bits per heavy atom. The van der Waals surface area contributed by atoms with Gasteiger partial charge >= 0.3 is 11.9 Å². The van der Waals surface area contributed by atoms with Crippen LogP contribution in [0.15, 0.2) is 18.2 Å². The molecule has 0 aliphatic rings. The van der Waals surface area contributed by atoms with Gasteiger partial charge in [0.15, 0.2) is 0 Å². The van der Waals surface area contributed by atoms with Gasteiger partial charge in [0.1, 0.15) is 17.6 Å². The maximum Gasteiger partial charge on any atom is 0.379 e. The van der Waals surface area contributed by atoms with Gasteiger partial charge in [-0.05, 0) is 25.1 Å². The van der Waals surface area contributed by atoms with Gasteiger partial charge in [0.2, 0.25) is 0 Å². The molecule has 3 N–H and O–H groups in total. The molecule has 1 rings (SSSR count). The molecule has 0 fully saturated rings. The SMILES string of the molecule is CCOC(=O)C(F)(F)[C@H](N)c1cc(F)ccc1O.Cl. The lowest BCUT2D eigenvalue weighted by molar-refractivity contribution is -0.174. The predicted octanol–water partition coefficient (Wildman–Crippen LogP) is 2.15. The summed E-state index contributed by atoms with van der Waals surface area (Å²) in [7, 11) is 0. The van der Waals surface area contributed by atoms with E-state index >= 15 is 0 Å². The van der Waals surface area contributed by atoms with E-state index in [2.05, 4.69) is 4.74 Å². The standard InChI is InChI=1S/C11H12F3NO3.ClH/c1-2-18-10(17)11(13,14)9(15)7-5-6(12)3-4-8(7)16;/h3-5,9,16H,2,15H2,1H3;1H/t9-;/m1./s1. The van der Waals surface area contributed by atoms with Crippen molar-refractivity contribution < 1.29 is 27.8 Å². The molecule has 0 aliphatic heterocycles. The summed E-state index contributed by atoms with van der Waals surface area (Å²) in [6.07, 6.45) is 0. The van der Waals surface area contributed by atoms with Gasteiger partial charge in [-0.1, -0.05) is 0 Å². The van der Waals surface area contributed by atoms with Crippen molar-refractivity contribution in [3.05, 3.63) is 29.6 Å². The molecule has 0 aliphatic carbocycles. The molecular weight excluding hydrogens is 287 g/mol. The molecule has 1 atom stereocenters. The van der Waals surface area contributed by atoms with E-state index in [1.807, 2.05) is 0 Å². The highest BCUT2D eigenvalue weighted by Gasteiger charge is 2.48. The highest BCUT2D eigenvalue weighted by Crippen LogP contribution is 2.35. The first kappa shape index (κ1) is 17.5. The Hall–Kier alpha value is -1.47. The van der Waals surface area contributed by atoms with Gasteiger partial charge < -0.3 is 15.6 Å². The number of ether oxygens (including phenoxy) is 1. The highest BCUT2D eigenvalue weighted by atomic mass is 35.5. The van der Waals surface area contributed by atoms with E-state index < -0.39 is 35.1 Å². The number of hydrogen-bond donors (Lipinski definition) is 2. The number of benzene rings is 1. The molecule has 0 heterocycles. The summed E-state index contributed by atoms with van der Waals surface area (Å²) in [4.78, 5) is 11.0. The zero-order valence-corrected chi connectivity index (χ0v) is 10.7. The van der Waals surface area contributed by atoms with Gasteiger partial charge in [0.25, 0.3) is 0 Å². The van der Waals surface area contributed by atoms with Crippen LogP contribution in [0.4, 0.5) is 13.2 Å². The van der Waals surface area contributed by atoms with Crippen molar-refractivity contribution in [1.82, 2.24) is 0 Å². The minimum absolute atomic E-state index is 0. The second-order valence-electron chi connectivity index (χ2n) is 3.52. The third kappa shape index (κ3) is 3.74. The van der Waals surface area contributed by atoms with E-state index in [-0.39, 0.29) is 19.0 Å². The van der Waals surface area contributed by atoms with E-state index in [4.69, 9.17) is 5.73 Å². The first-order valence-electron chi connectivity index (χ1n) is 5.09. The number of alkyl halides is 2. The first-order valence-corrected chi connectivity index (χ1v) is 5.09. The molecule has 0 aromatic heterocycles. The fraction of sp³-hybridized carbons (Fsp3) is 0.364. The van der Waals surface area contributed by atoms with Crippen molar-refractivity contribution in [2.24, 2.45) is 5.73 Å². The second kappa shape index (κ2) is 6.63. The summed E-state index contributed by atoms with van der Waals surface area (Å²) in [5.74, 6) is -7.34. The normalized spacial score (nSPS) is 12.5. The summed E-state index contributed by atoms with van der Waals surface area (Å²) < 4.78 is 44.2. The molecule has 1 aromatic rings. The van der Waals surface area contributed by atoms with Crippen molar-refractivity contribution in [3.63, 3.8) is 0 Å². The lowest BCUT2D eigenvalue weighted by atomic mass is 10.0. The number of nitrogens with two attached hydrogens (primary N) is 1. The fourth-order valence-electron chi connectivity index (χ4n) is 1.32. The Bertz CT molecular complexity index is 457. The number of hydrogen-bond acceptors (Lipinski definition) is 4. The highest BCUT2D eigenvalue weighted by molar-refractivity contribution is 5.85. The van der Waals surface area contributed by atoms with Crippen LogP contribution in [-0.2, 0) is 9.53 Å². The van der Waals surface area contributed by atoms with E-state index in [0.29, 0.717) is 6.07 Å². The Kier molecular flexibility index (Phi) is 6.11. The fourth-order valence-corrected chi connectivity index (χ4v) is 1.32. The van der Waals surface area contributed by atoms with Gasteiger partial charge in [-0.3, -0.25) is 0 Å². The van der Waals surface area contributed by atoms with Crippen LogP contribution in [0.5, 0.6) is 5.75 Å². The maximum absolute atomic E-state index is 13.6. The second-order valence-corrected chi connectivity index (χ2v) is 3.52. The van der Waals surface area contributed by atoms with E-state index in [9.17, 15) is 23.1 Å². The van der Waals surface area contributed by atoms with Gasteiger partial charge in [0.05, 0.1) is 6.61 Å². The lowest BCUT2D eigenvalue weighted by Gasteiger charge is -2.22. The number of esters is 1. The molecule has 8 heteroatoms. The zero-order valence-electron chi connectivity index (χ0n) is 9.90. The number of phenols is 1. The monoisotopic (exact) mass is 299 g/mol. The summed E-state index contributed by atoms with van der Waals surface area (Å²) in [6.45, 7) is 1.12. The molecule has 0 radical (unpaired) electrons. The minimum atomic E-state index is -4.05. The molecule has 0 saturated carbocycles. The number of carbonyl (C=O) groups is 1. The van der Waals surface area contributed by atoms with Crippen LogP contribution in [0.1, 0.15) is 18.5 Å². The molecule has 108 valence electrons.